The summed E-state index contributed by atoms with van der Waals surface area (Å²) in [7, 11) is 1.72. The van der Waals surface area contributed by atoms with Crippen molar-refractivity contribution < 1.29 is 9.53 Å². The lowest BCUT2D eigenvalue weighted by atomic mass is 10.1. The molecule has 0 radical (unpaired) electrons. The van der Waals surface area contributed by atoms with Crippen LogP contribution in [0, 0.1) is 0 Å². The Morgan fingerprint density at radius 1 is 1.12 bits per heavy atom. The molecule has 0 fully saturated rings. The van der Waals surface area contributed by atoms with Gasteiger partial charge in [-0.1, -0.05) is 18.2 Å². The van der Waals surface area contributed by atoms with E-state index < -0.39 is 0 Å². The fraction of sp³-hybridized carbons (Fsp3) is 0.278. The predicted octanol–water partition coefficient (Wildman–Crippen LogP) is 2.74. The first-order valence-electron chi connectivity index (χ1n) is 7.83. The minimum atomic E-state index is -0.301. The van der Waals surface area contributed by atoms with Crippen molar-refractivity contribution in [3.63, 3.8) is 0 Å². The van der Waals surface area contributed by atoms with Gasteiger partial charge in [-0.05, 0) is 36.8 Å². The predicted molar refractivity (Wildman–Crippen MR) is 109 cm³/mol. The van der Waals surface area contributed by atoms with E-state index in [-0.39, 0.29) is 29.9 Å². The number of aromatic nitrogens is 1. The number of hydrogen-bond acceptors (Lipinski definition) is 4. The van der Waals surface area contributed by atoms with Crippen LogP contribution in [-0.2, 0) is 17.8 Å². The standard InChI is InChI=1S/C18H22N4O2.HI/c1-3-24-17(23)15-9-7-14(8-10-15)12-21-18(19-2)22-13-16-6-4-5-11-20-16;/h4-11H,3,12-13H2,1-2H3,(H2,19,21,22);1H. The first-order chi connectivity index (χ1) is 11.7. The highest BCUT2D eigenvalue weighted by molar-refractivity contribution is 14.0. The zero-order valence-corrected chi connectivity index (χ0v) is 16.7. The molecule has 0 amide bonds. The highest BCUT2D eigenvalue weighted by Crippen LogP contribution is 2.06. The average Bonchev–Trinajstić information content (AvgIpc) is 2.63. The highest BCUT2D eigenvalue weighted by Gasteiger charge is 2.06. The largest absolute Gasteiger partial charge is 0.462 e. The summed E-state index contributed by atoms with van der Waals surface area (Å²) in [6.07, 6.45) is 1.76. The third-order valence-corrected chi connectivity index (χ3v) is 3.31. The fourth-order valence-corrected chi connectivity index (χ4v) is 2.06. The number of aliphatic imine (C=N–C) groups is 1. The van der Waals surface area contributed by atoms with Gasteiger partial charge in [-0.25, -0.2) is 4.79 Å². The number of carbonyl (C=O) groups is 1. The summed E-state index contributed by atoms with van der Waals surface area (Å²) in [5, 5.41) is 6.43. The molecule has 2 aromatic rings. The molecule has 0 aliphatic heterocycles. The second-order valence-electron chi connectivity index (χ2n) is 5.02. The number of carbonyl (C=O) groups excluding carboxylic acids is 1. The van der Waals surface area contributed by atoms with Crippen LogP contribution in [0.2, 0.25) is 0 Å². The molecule has 0 bridgehead atoms. The average molecular weight is 454 g/mol. The molecule has 2 rings (SSSR count). The Morgan fingerprint density at radius 2 is 1.84 bits per heavy atom. The molecular formula is C18H23IN4O2. The molecular weight excluding hydrogens is 431 g/mol. The summed E-state index contributed by atoms with van der Waals surface area (Å²) in [6.45, 7) is 3.37. The number of halogens is 1. The summed E-state index contributed by atoms with van der Waals surface area (Å²) in [6, 6.07) is 13.1. The smallest absolute Gasteiger partial charge is 0.338 e. The van der Waals surface area contributed by atoms with Crippen LogP contribution in [0.3, 0.4) is 0 Å². The van der Waals surface area contributed by atoms with Gasteiger partial charge in [-0.3, -0.25) is 9.98 Å². The van der Waals surface area contributed by atoms with Gasteiger partial charge in [0, 0.05) is 19.8 Å². The maximum Gasteiger partial charge on any atom is 0.338 e. The summed E-state index contributed by atoms with van der Waals surface area (Å²) in [5.41, 5.74) is 2.54. The van der Waals surface area contributed by atoms with Crippen molar-refractivity contribution in [2.75, 3.05) is 13.7 Å². The van der Waals surface area contributed by atoms with Crippen LogP contribution in [0.5, 0.6) is 0 Å². The van der Waals surface area contributed by atoms with Gasteiger partial charge in [-0.2, -0.15) is 0 Å². The van der Waals surface area contributed by atoms with E-state index >= 15 is 0 Å². The molecule has 0 saturated heterocycles. The number of rotatable bonds is 6. The molecule has 0 atom stereocenters. The van der Waals surface area contributed by atoms with Crippen LogP contribution in [0.25, 0.3) is 0 Å². The first kappa shape index (κ1) is 20.9. The molecule has 1 heterocycles. The third kappa shape index (κ3) is 7.08. The minimum absolute atomic E-state index is 0. The number of nitrogens with zero attached hydrogens (tertiary/aromatic N) is 2. The van der Waals surface area contributed by atoms with E-state index in [0.29, 0.717) is 31.2 Å². The van der Waals surface area contributed by atoms with Crippen molar-refractivity contribution in [3.8, 4) is 0 Å². The molecule has 0 aliphatic rings. The molecule has 0 saturated carbocycles. The monoisotopic (exact) mass is 454 g/mol. The minimum Gasteiger partial charge on any atom is -0.462 e. The Kier molecular flexibility index (Phi) is 9.53. The Balaban J connectivity index is 0.00000312. The fourth-order valence-electron chi connectivity index (χ4n) is 2.06. The number of ether oxygens (including phenoxy) is 1. The Labute approximate surface area is 165 Å². The Morgan fingerprint density at radius 3 is 2.44 bits per heavy atom. The lowest BCUT2D eigenvalue weighted by Crippen LogP contribution is -2.36. The van der Waals surface area contributed by atoms with E-state index in [0.717, 1.165) is 11.3 Å². The van der Waals surface area contributed by atoms with Crippen LogP contribution in [0.15, 0.2) is 53.7 Å². The van der Waals surface area contributed by atoms with Gasteiger partial charge in [0.15, 0.2) is 5.96 Å². The second kappa shape index (κ2) is 11.4. The van der Waals surface area contributed by atoms with Crippen molar-refractivity contribution in [1.29, 1.82) is 0 Å². The number of benzene rings is 1. The Hall–Kier alpha value is -2.16. The molecule has 134 valence electrons. The number of pyridine rings is 1. The zero-order valence-electron chi connectivity index (χ0n) is 14.4. The molecule has 0 aliphatic carbocycles. The van der Waals surface area contributed by atoms with Crippen LogP contribution < -0.4 is 10.6 Å². The number of nitrogens with one attached hydrogen (secondary N) is 2. The lowest BCUT2D eigenvalue weighted by molar-refractivity contribution is 0.0526. The van der Waals surface area contributed by atoms with Gasteiger partial charge in [-0.15, -0.1) is 24.0 Å². The maximum absolute atomic E-state index is 11.6. The van der Waals surface area contributed by atoms with Crippen LogP contribution in [-0.4, -0.2) is 30.6 Å². The van der Waals surface area contributed by atoms with E-state index in [4.69, 9.17) is 4.74 Å². The van der Waals surface area contributed by atoms with Gasteiger partial charge < -0.3 is 15.4 Å². The number of hydrogen-bond donors (Lipinski definition) is 2. The maximum atomic E-state index is 11.6. The molecule has 0 spiro atoms. The van der Waals surface area contributed by atoms with Gasteiger partial charge in [0.05, 0.1) is 24.4 Å². The van der Waals surface area contributed by atoms with E-state index in [9.17, 15) is 4.79 Å². The van der Waals surface area contributed by atoms with Gasteiger partial charge in [0.2, 0.25) is 0 Å². The third-order valence-electron chi connectivity index (χ3n) is 3.31. The number of guanidine groups is 1. The lowest BCUT2D eigenvalue weighted by Gasteiger charge is -2.12. The summed E-state index contributed by atoms with van der Waals surface area (Å²) in [4.78, 5) is 20.1. The molecule has 0 unspecified atom stereocenters. The van der Waals surface area contributed by atoms with E-state index in [1.807, 2.05) is 30.3 Å². The summed E-state index contributed by atoms with van der Waals surface area (Å²) >= 11 is 0. The molecule has 1 aromatic heterocycles. The first-order valence-corrected chi connectivity index (χ1v) is 7.83. The summed E-state index contributed by atoms with van der Waals surface area (Å²) < 4.78 is 4.97. The van der Waals surface area contributed by atoms with Crippen molar-refractivity contribution in [2.24, 2.45) is 4.99 Å². The molecule has 2 N–H and O–H groups in total. The zero-order chi connectivity index (χ0) is 17.2. The van der Waals surface area contributed by atoms with E-state index in [2.05, 4.69) is 20.6 Å². The Bertz CT molecular complexity index is 675. The second-order valence-corrected chi connectivity index (χ2v) is 5.02. The van der Waals surface area contributed by atoms with E-state index in [1.54, 1.807) is 32.3 Å². The van der Waals surface area contributed by atoms with Gasteiger partial charge >= 0.3 is 5.97 Å². The van der Waals surface area contributed by atoms with Crippen molar-refractivity contribution >= 4 is 35.9 Å². The van der Waals surface area contributed by atoms with Gasteiger partial charge in [0.1, 0.15) is 0 Å². The quantitative estimate of drug-likeness (QED) is 0.304. The van der Waals surface area contributed by atoms with Crippen molar-refractivity contribution in [3.05, 3.63) is 65.5 Å². The topological polar surface area (TPSA) is 75.6 Å². The van der Waals surface area contributed by atoms with Gasteiger partial charge in [0.25, 0.3) is 0 Å². The molecule has 6 nitrogen and oxygen atoms in total. The van der Waals surface area contributed by atoms with Crippen LogP contribution in [0.4, 0.5) is 0 Å². The number of esters is 1. The molecule has 1 aromatic carbocycles. The highest BCUT2D eigenvalue weighted by atomic mass is 127. The van der Waals surface area contributed by atoms with Crippen LogP contribution in [0.1, 0.15) is 28.5 Å². The van der Waals surface area contributed by atoms with Crippen molar-refractivity contribution in [2.45, 2.75) is 20.0 Å². The van der Waals surface area contributed by atoms with Crippen LogP contribution >= 0.6 is 24.0 Å². The summed E-state index contributed by atoms with van der Waals surface area (Å²) in [5.74, 6) is 0.389. The molecule has 7 heteroatoms. The van der Waals surface area contributed by atoms with E-state index in [1.165, 1.54) is 0 Å². The van der Waals surface area contributed by atoms with Crippen molar-refractivity contribution in [1.82, 2.24) is 15.6 Å². The SMILES string of the molecule is CCOC(=O)c1ccc(CNC(=NC)NCc2ccccn2)cc1.I. The molecule has 25 heavy (non-hydrogen) atoms. The normalized spacial score (nSPS) is 10.6.